The van der Waals surface area contributed by atoms with Gasteiger partial charge in [-0.25, -0.2) is 0 Å². The molecule has 8 nitrogen and oxygen atoms in total. The second-order valence-electron chi connectivity index (χ2n) is 0.899. The van der Waals surface area contributed by atoms with E-state index in [1.165, 1.54) is 0 Å². The van der Waals surface area contributed by atoms with Crippen LogP contribution in [0, 0.1) is 0 Å². The Morgan fingerprint density at radius 2 is 1.17 bits per heavy atom. The number of hydrogen-bond acceptors (Lipinski definition) is 6. The summed E-state index contributed by atoms with van der Waals surface area (Å²) in [7, 11) is -10.1. The van der Waals surface area contributed by atoms with E-state index in [1.54, 1.807) is 0 Å². The van der Waals surface area contributed by atoms with Crippen LogP contribution in [0.25, 0.3) is 0 Å². The predicted molar refractivity (Wildman–Crippen MR) is 22.5 cm³/mol. The van der Waals surface area contributed by atoms with Crippen LogP contribution in [-0.4, -0.2) is 27.3 Å². The Morgan fingerprint density at radius 1 is 1.17 bits per heavy atom. The first-order valence-corrected chi connectivity index (χ1v) is 4.30. The molecule has 0 heterocycles. The second kappa shape index (κ2) is 9.68. The van der Waals surface area contributed by atoms with Gasteiger partial charge in [-0.15, -0.1) is 0 Å². The Labute approximate surface area is 121 Å². The van der Waals surface area contributed by atoms with Gasteiger partial charge in [0.2, 0.25) is 0 Å². The van der Waals surface area contributed by atoms with E-state index in [0.29, 0.717) is 0 Å². The largest absolute Gasteiger partial charge is 2.00 e. The third-order valence-corrected chi connectivity index (χ3v) is 0. The van der Waals surface area contributed by atoms with E-state index in [-0.39, 0.29) is 68.5 Å². The van der Waals surface area contributed by atoms with Gasteiger partial charge in [-0.3, -0.25) is 13.0 Å². The van der Waals surface area contributed by atoms with Crippen molar-refractivity contribution in [1.29, 1.82) is 0 Å². The van der Waals surface area contributed by atoms with Crippen LogP contribution in [0.5, 0.6) is 0 Å². The van der Waals surface area contributed by atoms with Crippen LogP contribution in [0.4, 0.5) is 0 Å². The first kappa shape index (κ1) is 23.7. The standard InChI is InChI=1S/K.Mn.H3O4P.H2O4S/c;;2*1-5(2,3)4/h;;(H3,1,2,3,4);(H2,1,2,3,4)/q+1;+2;;/p-3. The van der Waals surface area contributed by atoms with Gasteiger partial charge >= 0.3 is 68.5 Å². The van der Waals surface area contributed by atoms with Crippen LogP contribution in [0.15, 0.2) is 0 Å². The molecule has 1 radical (unpaired) electrons. The first-order chi connectivity index (χ1) is 4.00. The van der Waals surface area contributed by atoms with Crippen molar-refractivity contribution in [3.63, 3.8) is 0 Å². The zero-order valence-electron chi connectivity index (χ0n) is 5.58. The monoisotopic (exact) mass is 287 g/mol. The summed E-state index contributed by atoms with van der Waals surface area (Å²) in [5.74, 6) is 0. The molecule has 0 saturated heterocycles. The van der Waals surface area contributed by atoms with Crippen molar-refractivity contribution in [2.45, 2.75) is 0 Å². The molecule has 0 aliphatic heterocycles. The first-order valence-electron chi connectivity index (χ1n) is 1.43. The van der Waals surface area contributed by atoms with E-state index >= 15 is 0 Å². The molecule has 0 aliphatic rings. The molecule has 0 spiro atoms. The smallest absolute Gasteiger partial charge is 0.759 e. The van der Waals surface area contributed by atoms with Gasteiger partial charge in [-0.1, -0.05) is 0 Å². The topological polar surface area (TPSA) is 161 Å². The molecule has 0 aromatic rings. The summed E-state index contributed by atoms with van der Waals surface area (Å²) in [6.07, 6.45) is 0. The Balaban J connectivity index is -0.0000000457. The Morgan fingerprint density at radius 3 is 1.17 bits per heavy atom. The second-order valence-corrected chi connectivity index (χ2v) is 2.70. The fourth-order valence-corrected chi connectivity index (χ4v) is 0. The minimum Gasteiger partial charge on any atom is -0.759 e. The van der Waals surface area contributed by atoms with E-state index in [2.05, 4.69) is 0 Å². The van der Waals surface area contributed by atoms with Crippen LogP contribution < -0.4 is 56.3 Å². The quantitative estimate of drug-likeness (QED) is 0.193. The third-order valence-electron chi connectivity index (χ3n) is 0. The predicted octanol–water partition coefficient (Wildman–Crippen LogP) is -5.90. The van der Waals surface area contributed by atoms with E-state index in [1.807, 2.05) is 0 Å². The summed E-state index contributed by atoms with van der Waals surface area (Å²) in [4.78, 5) is 22.9. The summed E-state index contributed by atoms with van der Waals surface area (Å²) < 4.78 is 42.9. The zero-order valence-corrected chi connectivity index (χ0v) is 11.6. The molecular weight excluding hydrogens is 285 g/mol. The molecule has 0 aromatic heterocycles. The molecule has 0 unspecified atom stereocenters. The normalized spacial score (nSPS) is 9.75. The summed E-state index contributed by atoms with van der Waals surface area (Å²) in [6, 6.07) is 0. The number of hydrogen-bond donors (Lipinski definition) is 2. The Kier molecular flexibility index (Phi) is 19.2. The van der Waals surface area contributed by atoms with Gasteiger partial charge in [0.15, 0.2) is 0 Å². The minimum atomic E-state index is -5.17. The molecule has 2 N–H and O–H groups in total. The van der Waals surface area contributed by atoms with Crippen molar-refractivity contribution in [1.82, 2.24) is 0 Å². The van der Waals surface area contributed by atoms with Gasteiger partial charge in [0.25, 0.3) is 7.82 Å². The SMILES string of the molecule is O=P([O-])(O)O.O=S(=O)([O-])[O-].[K+].[Mn+2]. The molecule has 12 heavy (non-hydrogen) atoms. The van der Waals surface area contributed by atoms with Crippen LogP contribution in [0.2, 0.25) is 0 Å². The summed E-state index contributed by atoms with van der Waals surface area (Å²) in [6.45, 7) is 0. The average molecular weight is 287 g/mol. The van der Waals surface area contributed by atoms with Crippen LogP contribution >= 0.6 is 7.82 Å². The molecule has 0 saturated carbocycles. The minimum absolute atomic E-state index is 0. The number of phosphoric acid groups is 1. The van der Waals surface area contributed by atoms with Crippen LogP contribution in [0.3, 0.4) is 0 Å². The summed E-state index contributed by atoms with van der Waals surface area (Å²) in [5, 5.41) is 0. The van der Waals surface area contributed by atoms with Crippen LogP contribution in [0.1, 0.15) is 0 Å². The molecule has 0 aromatic carbocycles. The van der Waals surface area contributed by atoms with E-state index in [9.17, 15) is 0 Å². The molecule has 0 aliphatic carbocycles. The zero-order chi connectivity index (χ0) is 9.00. The maximum Gasteiger partial charge on any atom is 2.00 e. The van der Waals surface area contributed by atoms with E-state index in [4.69, 9.17) is 36.8 Å². The van der Waals surface area contributed by atoms with Gasteiger partial charge in [-0.05, 0) is 0 Å². The van der Waals surface area contributed by atoms with E-state index in [0.717, 1.165) is 0 Å². The van der Waals surface area contributed by atoms with Gasteiger partial charge < -0.3 is 23.8 Å². The van der Waals surface area contributed by atoms with Gasteiger partial charge in [0, 0.05) is 10.4 Å². The molecule has 69 valence electrons. The molecule has 0 rings (SSSR count). The van der Waals surface area contributed by atoms with Gasteiger partial charge in [0.1, 0.15) is 0 Å². The average Bonchev–Trinajstić information content (AvgIpc) is 1.12. The van der Waals surface area contributed by atoms with Crippen molar-refractivity contribution in [3.05, 3.63) is 0 Å². The van der Waals surface area contributed by atoms with E-state index < -0.39 is 18.2 Å². The van der Waals surface area contributed by atoms with Gasteiger partial charge in [-0.2, -0.15) is 0 Å². The maximum absolute atomic E-state index is 8.77. The fourth-order valence-electron chi connectivity index (χ4n) is 0. The maximum atomic E-state index is 8.77. The van der Waals surface area contributed by atoms with Gasteiger partial charge in [0.05, 0.1) is 0 Å². The summed E-state index contributed by atoms with van der Waals surface area (Å²) in [5.41, 5.74) is 0. The van der Waals surface area contributed by atoms with Crippen molar-refractivity contribution < 1.29 is 105 Å². The third kappa shape index (κ3) is 330. The number of rotatable bonds is 0. The molecular formula is H2KMnO8PS. The van der Waals surface area contributed by atoms with Crippen molar-refractivity contribution in [2.24, 2.45) is 0 Å². The molecule has 12 heteroatoms. The van der Waals surface area contributed by atoms with Crippen molar-refractivity contribution in [3.8, 4) is 0 Å². The molecule has 0 bridgehead atoms. The molecule has 0 atom stereocenters. The summed E-state index contributed by atoms with van der Waals surface area (Å²) >= 11 is 0. The van der Waals surface area contributed by atoms with Crippen molar-refractivity contribution in [2.75, 3.05) is 0 Å². The van der Waals surface area contributed by atoms with Crippen molar-refractivity contribution >= 4 is 18.2 Å². The Hall–Kier alpha value is 2.14. The molecule has 0 amide bonds. The molecule has 0 fully saturated rings. The fraction of sp³-hybridized carbons (Fsp3) is 0. The Bertz CT molecular complexity index is 197. The van der Waals surface area contributed by atoms with Crippen LogP contribution in [-0.2, 0) is 32.0 Å².